The highest BCUT2D eigenvalue weighted by molar-refractivity contribution is 7.14. The maximum atomic E-state index is 12.0. The predicted octanol–water partition coefficient (Wildman–Crippen LogP) is 3.10. The fourth-order valence-corrected chi connectivity index (χ4v) is 3.35. The van der Waals surface area contributed by atoms with Crippen LogP contribution in [-0.4, -0.2) is 23.3 Å². The second kappa shape index (κ2) is 6.46. The van der Waals surface area contributed by atoms with E-state index < -0.39 is 0 Å². The van der Waals surface area contributed by atoms with Gasteiger partial charge in [0, 0.05) is 29.1 Å². The molecule has 0 bridgehead atoms. The molecular formula is C15H14ClN3O2S. The summed E-state index contributed by atoms with van der Waals surface area (Å²) in [5.74, 6) is -0.0591. The van der Waals surface area contributed by atoms with Crippen LogP contribution in [0.2, 0.25) is 5.02 Å². The van der Waals surface area contributed by atoms with Crippen molar-refractivity contribution in [1.82, 2.24) is 4.98 Å². The number of halogens is 1. The van der Waals surface area contributed by atoms with E-state index >= 15 is 0 Å². The molecule has 1 aliphatic heterocycles. The third-order valence-electron chi connectivity index (χ3n) is 3.29. The van der Waals surface area contributed by atoms with Crippen LogP contribution >= 0.6 is 22.9 Å². The van der Waals surface area contributed by atoms with Crippen molar-refractivity contribution in [1.29, 1.82) is 0 Å². The molecule has 1 saturated heterocycles. The van der Waals surface area contributed by atoms with Crippen LogP contribution in [0.15, 0.2) is 29.6 Å². The number of nitrogens with zero attached hydrogens (tertiary/aromatic N) is 2. The Labute approximate surface area is 136 Å². The van der Waals surface area contributed by atoms with E-state index in [9.17, 15) is 9.59 Å². The second-order valence-electron chi connectivity index (χ2n) is 5.01. The van der Waals surface area contributed by atoms with Crippen molar-refractivity contribution in [3.8, 4) is 0 Å². The van der Waals surface area contributed by atoms with Crippen molar-refractivity contribution in [2.75, 3.05) is 16.8 Å². The van der Waals surface area contributed by atoms with Gasteiger partial charge in [0.05, 0.1) is 12.1 Å². The number of rotatable bonds is 4. The number of carbonyl (C=O) groups excluding carboxylic acids is 2. The molecule has 0 unspecified atom stereocenters. The first-order valence-electron chi connectivity index (χ1n) is 6.92. The van der Waals surface area contributed by atoms with Gasteiger partial charge in [-0.05, 0) is 24.6 Å². The Bertz CT molecular complexity index is 716. The fraction of sp³-hybridized carbons (Fsp3) is 0.267. The molecule has 22 heavy (non-hydrogen) atoms. The average molecular weight is 336 g/mol. The Morgan fingerprint density at radius 3 is 3.05 bits per heavy atom. The van der Waals surface area contributed by atoms with Crippen LogP contribution in [-0.2, 0) is 16.0 Å². The largest absolute Gasteiger partial charge is 0.326 e. The van der Waals surface area contributed by atoms with E-state index in [1.807, 2.05) is 5.38 Å². The molecule has 0 atom stereocenters. The van der Waals surface area contributed by atoms with Crippen molar-refractivity contribution < 1.29 is 9.59 Å². The highest BCUT2D eigenvalue weighted by Crippen LogP contribution is 2.25. The van der Waals surface area contributed by atoms with E-state index in [1.54, 1.807) is 29.2 Å². The number of hydrogen-bond acceptors (Lipinski definition) is 4. The summed E-state index contributed by atoms with van der Waals surface area (Å²) in [6.45, 7) is 0.709. The summed E-state index contributed by atoms with van der Waals surface area (Å²) in [6, 6.07) is 6.99. The number of anilines is 2. The van der Waals surface area contributed by atoms with Crippen molar-refractivity contribution >= 4 is 45.6 Å². The summed E-state index contributed by atoms with van der Waals surface area (Å²) in [7, 11) is 0. The van der Waals surface area contributed by atoms with E-state index in [-0.39, 0.29) is 18.2 Å². The van der Waals surface area contributed by atoms with E-state index in [2.05, 4.69) is 10.3 Å². The lowest BCUT2D eigenvalue weighted by Gasteiger charge is -2.10. The number of thiazole rings is 1. The van der Waals surface area contributed by atoms with Gasteiger partial charge in [-0.1, -0.05) is 17.7 Å². The first-order chi connectivity index (χ1) is 10.6. The highest BCUT2D eigenvalue weighted by Gasteiger charge is 2.24. The van der Waals surface area contributed by atoms with Gasteiger partial charge in [-0.3, -0.25) is 14.5 Å². The van der Waals surface area contributed by atoms with E-state index in [1.165, 1.54) is 11.3 Å². The third kappa shape index (κ3) is 3.45. The predicted molar refractivity (Wildman–Crippen MR) is 87.5 cm³/mol. The Kier molecular flexibility index (Phi) is 4.40. The summed E-state index contributed by atoms with van der Waals surface area (Å²) in [5.41, 5.74) is 1.32. The molecule has 7 heteroatoms. The number of carbonyl (C=O) groups is 2. The summed E-state index contributed by atoms with van der Waals surface area (Å²) in [6.07, 6.45) is 1.61. The average Bonchev–Trinajstić information content (AvgIpc) is 3.07. The number of aromatic nitrogens is 1. The van der Waals surface area contributed by atoms with Crippen LogP contribution in [0.3, 0.4) is 0 Å². The van der Waals surface area contributed by atoms with Crippen molar-refractivity contribution in [3.63, 3.8) is 0 Å². The molecule has 1 fully saturated rings. The van der Waals surface area contributed by atoms with Crippen LogP contribution in [0.4, 0.5) is 10.8 Å². The molecule has 0 radical (unpaired) electrons. The van der Waals surface area contributed by atoms with Gasteiger partial charge >= 0.3 is 0 Å². The Morgan fingerprint density at radius 1 is 1.45 bits per heavy atom. The minimum Gasteiger partial charge on any atom is -0.326 e. The fourth-order valence-electron chi connectivity index (χ4n) is 2.29. The molecule has 2 aromatic rings. The van der Waals surface area contributed by atoms with Crippen LogP contribution < -0.4 is 10.2 Å². The molecule has 2 heterocycles. The lowest BCUT2D eigenvalue weighted by Crippen LogP contribution is -2.23. The molecular weight excluding hydrogens is 322 g/mol. The molecule has 0 spiro atoms. The van der Waals surface area contributed by atoms with Gasteiger partial charge in [0.1, 0.15) is 0 Å². The van der Waals surface area contributed by atoms with Gasteiger partial charge in [-0.2, -0.15) is 0 Å². The first-order valence-corrected chi connectivity index (χ1v) is 8.18. The minimum atomic E-state index is -0.160. The number of amides is 2. The van der Waals surface area contributed by atoms with Crippen molar-refractivity contribution in [2.24, 2.45) is 0 Å². The van der Waals surface area contributed by atoms with Crippen LogP contribution in [0.5, 0.6) is 0 Å². The molecule has 1 aromatic heterocycles. The minimum absolute atomic E-state index is 0.101. The maximum absolute atomic E-state index is 12.0. The van der Waals surface area contributed by atoms with Gasteiger partial charge in [-0.15, -0.1) is 11.3 Å². The van der Waals surface area contributed by atoms with Gasteiger partial charge in [0.2, 0.25) is 11.8 Å². The zero-order chi connectivity index (χ0) is 15.5. The molecule has 1 aliphatic rings. The maximum Gasteiger partial charge on any atom is 0.230 e. The quantitative estimate of drug-likeness (QED) is 0.933. The van der Waals surface area contributed by atoms with Gasteiger partial charge in [0.15, 0.2) is 5.13 Å². The van der Waals surface area contributed by atoms with Gasteiger partial charge < -0.3 is 5.32 Å². The van der Waals surface area contributed by atoms with E-state index in [0.29, 0.717) is 34.5 Å². The van der Waals surface area contributed by atoms with Crippen molar-refractivity contribution in [2.45, 2.75) is 19.3 Å². The third-order valence-corrected chi connectivity index (χ3v) is 4.44. The zero-order valence-corrected chi connectivity index (χ0v) is 13.3. The Balaban J connectivity index is 1.62. The van der Waals surface area contributed by atoms with Gasteiger partial charge in [0.25, 0.3) is 0 Å². The smallest absolute Gasteiger partial charge is 0.230 e. The monoisotopic (exact) mass is 335 g/mol. The van der Waals surface area contributed by atoms with Crippen LogP contribution in [0.25, 0.3) is 0 Å². The molecule has 1 aromatic carbocycles. The molecule has 1 N–H and O–H groups in total. The molecule has 114 valence electrons. The summed E-state index contributed by atoms with van der Waals surface area (Å²) >= 11 is 7.27. The first kappa shape index (κ1) is 15.0. The lowest BCUT2D eigenvalue weighted by molar-refractivity contribution is -0.117. The Morgan fingerprint density at radius 2 is 2.32 bits per heavy atom. The van der Waals surface area contributed by atoms with Crippen LogP contribution in [0.1, 0.15) is 18.5 Å². The molecule has 5 nitrogen and oxygen atoms in total. The second-order valence-corrected chi connectivity index (χ2v) is 6.28. The summed E-state index contributed by atoms with van der Waals surface area (Å²) < 4.78 is 0. The van der Waals surface area contributed by atoms with Crippen molar-refractivity contribution in [3.05, 3.63) is 40.4 Å². The van der Waals surface area contributed by atoms with Crippen LogP contribution in [0, 0.1) is 0 Å². The topological polar surface area (TPSA) is 62.3 Å². The summed E-state index contributed by atoms with van der Waals surface area (Å²) in [4.78, 5) is 29.8. The number of benzene rings is 1. The molecule has 0 saturated carbocycles. The SMILES string of the molecule is O=C(Cc1csc(N2CCCC2=O)n1)Nc1cccc(Cl)c1. The highest BCUT2D eigenvalue weighted by atomic mass is 35.5. The Hall–Kier alpha value is -1.92. The number of hydrogen-bond donors (Lipinski definition) is 1. The normalized spacial score (nSPS) is 14.4. The van der Waals surface area contributed by atoms with Gasteiger partial charge in [-0.25, -0.2) is 4.98 Å². The molecule has 0 aliphatic carbocycles. The van der Waals surface area contributed by atoms with E-state index in [4.69, 9.17) is 11.6 Å². The zero-order valence-electron chi connectivity index (χ0n) is 11.7. The standard InChI is InChI=1S/C15H14ClN3O2S/c16-10-3-1-4-11(7-10)17-13(20)8-12-9-22-15(18-12)19-6-2-5-14(19)21/h1,3-4,7,9H,2,5-6,8H2,(H,17,20). The lowest BCUT2D eigenvalue weighted by atomic mass is 10.3. The molecule has 3 rings (SSSR count). The summed E-state index contributed by atoms with van der Waals surface area (Å²) in [5, 5.41) is 5.84. The number of nitrogens with one attached hydrogen (secondary N) is 1. The molecule has 2 amide bonds. The van der Waals surface area contributed by atoms with E-state index in [0.717, 1.165) is 6.42 Å².